The third kappa shape index (κ3) is 3.26. The monoisotopic (exact) mass is 271 g/mol. The van der Waals surface area contributed by atoms with Crippen LogP contribution in [-0.2, 0) is 13.0 Å². The van der Waals surface area contributed by atoms with Gasteiger partial charge in [-0.3, -0.25) is 10.3 Å². The molecule has 0 bridgehead atoms. The number of nitrogens with one attached hydrogen (secondary N) is 1. The van der Waals surface area contributed by atoms with E-state index in [1.807, 2.05) is 24.3 Å². The molecular formula is C13H16F3N3. The molecule has 1 unspecified atom stereocenters. The predicted molar refractivity (Wildman–Crippen MR) is 66.9 cm³/mol. The smallest absolute Gasteiger partial charge is 0.387 e. The molecule has 3 nitrogen and oxygen atoms in total. The van der Waals surface area contributed by atoms with Crippen molar-refractivity contribution in [3.8, 4) is 0 Å². The minimum absolute atomic E-state index is 0.243. The number of alkyl halides is 3. The van der Waals surface area contributed by atoms with E-state index in [0.29, 0.717) is 13.1 Å². The fourth-order valence-electron chi connectivity index (χ4n) is 2.35. The molecule has 1 aromatic carbocycles. The summed E-state index contributed by atoms with van der Waals surface area (Å²) in [5, 5.41) is 7.10. The van der Waals surface area contributed by atoms with Gasteiger partial charge in [-0.05, 0) is 17.5 Å². The highest BCUT2D eigenvalue weighted by Gasteiger charge is 2.43. The Morgan fingerprint density at radius 3 is 2.53 bits per heavy atom. The summed E-state index contributed by atoms with van der Waals surface area (Å²) in [4.78, 5) is 1.71. The highest BCUT2D eigenvalue weighted by molar-refractivity contribution is 5.80. The molecular weight excluding hydrogens is 255 g/mol. The van der Waals surface area contributed by atoms with E-state index in [0.717, 1.165) is 12.0 Å². The van der Waals surface area contributed by atoms with Gasteiger partial charge in [-0.1, -0.05) is 24.3 Å². The number of rotatable bonds is 3. The summed E-state index contributed by atoms with van der Waals surface area (Å²) in [6.07, 6.45) is -3.72. The highest BCUT2D eigenvalue weighted by Crippen LogP contribution is 2.28. The van der Waals surface area contributed by atoms with Crippen LogP contribution in [0.2, 0.25) is 0 Å². The topological polar surface area (TPSA) is 53.1 Å². The van der Waals surface area contributed by atoms with E-state index in [1.165, 1.54) is 5.56 Å². The Hall–Kier alpha value is -1.56. The van der Waals surface area contributed by atoms with Crippen molar-refractivity contribution in [2.45, 2.75) is 19.1 Å². The van der Waals surface area contributed by atoms with Gasteiger partial charge in [0.05, 0.1) is 0 Å². The number of nitrogens with two attached hydrogens (primary N) is 1. The molecule has 1 atom stereocenters. The van der Waals surface area contributed by atoms with Crippen molar-refractivity contribution in [3.05, 3.63) is 35.4 Å². The molecule has 19 heavy (non-hydrogen) atoms. The minimum atomic E-state index is -4.46. The number of benzene rings is 1. The van der Waals surface area contributed by atoms with Gasteiger partial charge in [0, 0.05) is 19.6 Å². The molecule has 0 fully saturated rings. The molecule has 6 heteroatoms. The first-order chi connectivity index (χ1) is 8.88. The van der Waals surface area contributed by atoms with Crippen LogP contribution in [0.25, 0.3) is 0 Å². The fraction of sp³-hybridized carbons (Fsp3) is 0.462. The van der Waals surface area contributed by atoms with E-state index in [4.69, 9.17) is 11.1 Å². The van der Waals surface area contributed by atoms with Gasteiger partial charge in [0.15, 0.2) is 0 Å². The maximum absolute atomic E-state index is 12.8. The third-order valence-corrected chi connectivity index (χ3v) is 3.42. The molecule has 104 valence electrons. The fourth-order valence-corrected chi connectivity index (χ4v) is 2.35. The summed E-state index contributed by atoms with van der Waals surface area (Å²) in [5.74, 6) is -2.69. The largest absolute Gasteiger partial charge is 0.399 e. The first kappa shape index (κ1) is 13.9. The van der Waals surface area contributed by atoms with Crippen LogP contribution >= 0.6 is 0 Å². The summed E-state index contributed by atoms with van der Waals surface area (Å²) in [6, 6.07) is 7.74. The predicted octanol–water partition coefficient (Wildman–Crippen LogP) is 2.16. The summed E-state index contributed by atoms with van der Waals surface area (Å²) < 4.78 is 38.3. The lowest BCUT2D eigenvalue weighted by atomic mass is 9.98. The second-order valence-corrected chi connectivity index (χ2v) is 4.80. The van der Waals surface area contributed by atoms with Gasteiger partial charge >= 0.3 is 6.18 Å². The maximum atomic E-state index is 12.8. The molecule has 0 radical (unpaired) electrons. The van der Waals surface area contributed by atoms with Crippen molar-refractivity contribution in [1.82, 2.24) is 4.90 Å². The highest BCUT2D eigenvalue weighted by atomic mass is 19.4. The summed E-state index contributed by atoms with van der Waals surface area (Å²) in [5.41, 5.74) is 7.31. The standard InChI is InChI=1S/C13H16F3N3/c14-13(15,16)11(12(17)18)8-19-6-5-9-3-1-2-4-10(9)7-19/h1-4,11H,5-8H2,(H3,17,18). The van der Waals surface area contributed by atoms with E-state index in [2.05, 4.69) is 0 Å². The number of hydrogen-bond acceptors (Lipinski definition) is 2. The molecule has 0 aliphatic carbocycles. The third-order valence-electron chi connectivity index (χ3n) is 3.42. The molecule has 1 heterocycles. The molecule has 0 saturated carbocycles. The van der Waals surface area contributed by atoms with Crippen LogP contribution in [0.3, 0.4) is 0 Å². The van der Waals surface area contributed by atoms with E-state index in [1.54, 1.807) is 4.90 Å². The molecule has 1 aromatic rings. The van der Waals surface area contributed by atoms with Gasteiger partial charge in [0.25, 0.3) is 0 Å². The molecule has 0 aromatic heterocycles. The molecule has 1 aliphatic rings. The normalized spacial score (nSPS) is 17.8. The average molecular weight is 271 g/mol. The van der Waals surface area contributed by atoms with Crippen LogP contribution < -0.4 is 5.73 Å². The molecule has 3 N–H and O–H groups in total. The van der Waals surface area contributed by atoms with Crippen LogP contribution in [0.5, 0.6) is 0 Å². The number of nitrogens with zero attached hydrogens (tertiary/aromatic N) is 1. The van der Waals surface area contributed by atoms with Crippen LogP contribution in [0.4, 0.5) is 13.2 Å². The van der Waals surface area contributed by atoms with Crippen molar-refractivity contribution < 1.29 is 13.2 Å². The lowest BCUT2D eigenvalue weighted by Crippen LogP contribution is -2.45. The van der Waals surface area contributed by atoms with Crippen molar-refractivity contribution in [1.29, 1.82) is 5.41 Å². The van der Waals surface area contributed by atoms with Crippen molar-refractivity contribution in [2.75, 3.05) is 13.1 Å². The quantitative estimate of drug-likeness (QED) is 0.654. The number of amidine groups is 1. The van der Waals surface area contributed by atoms with Crippen molar-refractivity contribution in [3.63, 3.8) is 0 Å². The van der Waals surface area contributed by atoms with Gasteiger partial charge in [-0.15, -0.1) is 0 Å². The Morgan fingerprint density at radius 1 is 1.32 bits per heavy atom. The van der Waals surface area contributed by atoms with Gasteiger partial charge in [0.2, 0.25) is 0 Å². The average Bonchev–Trinajstić information content (AvgIpc) is 2.34. The molecule has 0 amide bonds. The molecule has 0 saturated heterocycles. The first-order valence-corrected chi connectivity index (χ1v) is 6.07. The molecule has 0 spiro atoms. The van der Waals surface area contributed by atoms with E-state index in [-0.39, 0.29) is 6.54 Å². The zero-order chi connectivity index (χ0) is 14.0. The van der Waals surface area contributed by atoms with Gasteiger partial charge < -0.3 is 5.73 Å². The summed E-state index contributed by atoms with van der Waals surface area (Å²) in [7, 11) is 0. The SMILES string of the molecule is N=C(N)C(CN1CCc2ccccc2C1)C(F)(F)F. The number of halogens is 3. The van der Waals surface area contributed by atoms with E-state index < -0.39 is 17.9 Å². The Kier molecular flexibility index (Phi) is 3.80. The Bertz CT molecular complexity index is 470. The van der Waals surface area contributed by atoms with Crippen molar-refractivity contribution in [2.24, 2.45) is 11.7 Å². The zero-order valence-corrected chi connectivity index (χ0v) is 10.4. The lowest BCUT2D eigenvalue weighted by molar-refractivity contribution is -0.160. The molecule has 2 rings (SSSR count). The first-order valence-electron chi connectivity index (χ1n) is 6.07. The van der Waals surface area contributed by atoms with Gasteiger partial charge in [-0.2, -0.15) is 13.2 Å². The Morgan fingerprint density at radius 2 is 1.95 bits per heavy atom. The Balaban J connectivity index is 2.07. The van der Waals surface area contributed by atoms with E-state index >= 15 is 0 Å². The lowest BCUT2D eigenvalue weighted by Gasteiger charge is -2.32. The van der Waals surface area contributed by atoms with E-state index in [9.17, 15) is 13.2 Å². The number of fused-ring (bicyclic) bond motifs is 1. The van der Waals surface area contributed by atoms with Crippen LogP contribution in [0.15, 0.2) is 24.3 Å². The van der Waals surface area contributed by atoms with Crippen LogP contribution in [0.1, 0.15) is 11.1 Å². The van der Waals surface area contributed by atoms with Crippen LogP contribution in [0, 0.1) is 11.3 Å². The zero-order valence-electron chi connectivity index (χ0n) is 10.4. The van der Waals surface area contributed by atoms with Crippen molar-refractivity contribution >= 4 is 5.84 Å². The second-order valence-electron chi connectivity index (χ2n) is 4.80. The Labute approximate surface area is 109 Å². The minimum Gasteiger partial charge on any atom is -0.387 e. The van der Waals surface area contributed by atoms with Gasteiger partial charge in [0.1, 0.15) is 11.8 Å². The van der Waals surface area contributed by atoms with Gasteiger partial charge in [-0.25, -0.2) is 0 Å². The maximum Gasteiger partial charge on any atom is 0.399 e. The summed E-state index contributed by atoms with van der Waals surface area (Å²) >= 11 is 0. The number of hydrogen-bond donors (Lipinski definition) is 2. The summed E-state index contributed by atoms with van der Waals surface area (Å²) in [6.45, 7) is 0.806. The molecule has 1 aliphatic heterocycles. The second kappa shape index (κ2) is 5.21. The van der Waals surface area contributed by atoms with Crippen LogP contribution in [-0.4, -0.2) is 30.0 Å².